The predicted molar refractivity (Wildman–Crippen MR) is 154 cm³/mol. The number of carbonyl (C=O) groups excluding carboxylic acids is 1. The lowest BCUT2D eigenvalue weighted by Crippen LogP contribution is -2.53. The zero-order chi connectivity index (χ0) is 28.2. The van der Waals surface area contributed by atoms with Crippen LogP contribution in [0.1, 0.15) is 30.4 Å². The first-order valence-corrected chi connectivity index (χ1v) is 15.3. The summed E-state index contributed by atoms with van der Waals surface area (Å²) in [5.74, 6) is 1.04. The maximum atomic E-state index is 13.6. The molecule has 3 aromatic carbocycles. The first kappa shape index (κ1) is 28.6. The van der Waals surface area contributed by atoms with E-state index in [1.54, 1.807) is 19.2 Å². The van der Waals surface area contributed by atoms with Crippen LogP contribution in [0.2, 0.25) is 5.02 Å². The normalized spacial score (nSPS) is 19.6. The number of piperidine rings is 1. The van der Waals surface area contributed by atoms with Gasteiger partial charge in [-0.05, 0) is 49.6 Å². The molecule has 3 aromatic rings. The standard InChI is InChI=1S/C30H34ClN3O5S/c1-38-15-7-14-30(25-10-2-4-12-27(25)39-28-13-5-3-11-26(28)30)20-33-29(35)21-16-23(19-32-18-21)34-40(36,37)24-9-6-8-22(31)17-24/h2-6,8-13,17,21,23,32,34H,7,14-16,18-20H2,1H3,(H,33,35)/t21-,23-/m0/s1. The number of hydrogen-bond donors (Lipinski definition) is 3. The molecular weight excluding hydrogens is 550 g/mol. The number of ether oxygens (including phenoxy) is 2. The fourth-order valence-electron chi connectivity index (χ4n) is 5.77. The van der Waals surface area contributed by atoms with Crippen LogP contribution < -0.4 is 20.1 Å². The Morgan fingerprint density at radius 2 is 1.75 bits per heavy atom. The van der Waals surface area contributed by atoms with Crippen LogP contribution in [0, 0.1) is 5.92 Å². The Morgan fingerprint density at radius 1 is 1.05 bits per heavy atom. The van der Waals surface area contributed by atoms with Crippen LogP contribution in [0.4, 0.5) is 0 Å². The molecule has 8 nitrogen and oxygen atoms in total. The second kappa shape index (κ2) is 12.3. The van der Waals surface area contributed by atoms with E-state index in [9.17, 15) is 13.2 Å². The monoisotopic (exact) mass is 583 g/mol. The second-order valence-electron chi connectivity index (χ2n) is 10.4. The first-order valence-electron chi connectivity index (χ1n) is 13.4. The van der Waals surface area contributed by atoms with Crippen molar-refractivity contribution < 1.29 is 22.7 Å². The van der Waals surface area contributed by atoms with E-state index in [4.69, 9.17) is 21.1 Å². The Hall–Kier alpha value is -2.95. The summed E-state index contributed by atoms with van der Waals surface area (Å²) >= 11 is 6.00. The predicted octanol–water partition coefficient (Wildman–Crippen LogP) is 4.23. The number of hydrogen-bond acceptors (Lipinski definition) is 6. The lowest BCUT2D eigenvalue weighted by Gasteiger charge is -2.41. The molecule has 40 heavy (non-hydrogen) atoms. The molecule has 10 heteroatoms. The van der Waals surface area contributed by atoms with Crippen LogP contribution in [0.3, 0.4) is 0 Å². The first-order chi connectivity index (χ1) is 19.3. The van der Waals surface area contributed by atoms with E-state index in [1.165, 1.54) is 12.1 Å². The molecule has 2 heterocycles. The molecule has 0 aromatic heterocycles. The van der Waals surface area contributed by atoms with E-state index in [0.717, 1.165) is 35.5 Å². The van der Waals surface area contributed by atoms with Crippen molar-refractivity contribution >= 4 is 27.5 Å². The second-order valence-corrected chi connectivity index (χ2v) is 12.5. The van der Waals surface area contributed by atoms with Gasteiger partial charge in [0.25, 0.3) is 0 Å². The highest BCUT2D eigenvalue weighted by Crippen LogP contribution is 2.50. The third kappa shape index (κ3) is 6.04. The van der Waals surface area contributed by atoms with Crippen LogP contribution in [-0.4, -0.2) is 53.7 Å². The Balaban J connectivity index is 1.34. The molecule has 0 bridgehead atoms. The molecular formula is C30H34ClN3O5S. The zero-order valence-electron chi connectivity index (χ0n) is 22.4. The van der Waals surface area contributed by atoms with Crippen molar-refractivity contribution in [1.29, 1.82) is 0 Å². The molecule has 0 saturated carbocycles. The topological polar surface area (TPSA) is 106 Å². The van der Waals surface area contributed by atoms with Crippen molar-refractivity contribution in [3.8, 4) is 11.5 Å². The van der Waals surface area contributed by atoms with Gasteiger partial charge in [-0.1, -0.05) is 54.1 Å². The molecule has 1 amide bonds. The van der Waals surface area contributed by atoms with Gasteiger partial charge in [-0.2, -0.15) is 0 Å². The van der Waals surface area contributed by atoms with E-state index >= 15 is 0 Å². The fourth-order valence-corrected chi connectivity index (χ4v) is 7.32. The lowest BCUT2D eigenvalue weighted by molar-refractivity contribution is -0.125. The van der Waals surface area contributed by atoms with E-state index in [1.807, 2.05) is 36.4 Å². The van der Waals surface area contributed by atoms with E-state index in [-0.39, 0.29) is 10.8 Å². The van der Waals surface area contributed by atoms with Gasteiger partial charge >= 0.3 is 0 Å². The van der Waals surface area contributed by atoms with Crippen LogP contribution in [0.5, 0.6) is 11.5 Å². The highest BCUT2D eigenvalue weighted by atomic mass is 35.5. The highest BCUT2D eigenvalue weighted by Gasteiger charge is 2.42. The minimum Gasteiger partial charge on any atom is -0.457 e. The lowest BCUT2D eigenvalue weighted by atomic mass is 9.69. The Kier molecular flexibility index (Phi) is 8.77. The van der Waals surface area contributed by atoms with Crippen LogP contribution >= 0.6 is 11.6 Å². The molecule has 212 valence electrons. The van der Waals surface area contributed by atoms with Gasteiger partial charge < -0.3 is 20.1 Å². The quantitative estimate of drug-likeness (QED) is 0.309. The number of para-hydroxylation sites is 2. The number of benzene rings is 3. The van der Waals surface area contributed by atoms with Crippen molar-refractivity contribution in [2.75, 3.05) is 33.4 Å². The van der Waals surface area contributed by atoms with Gasteiger partial charge in [-0.3, -0.25) is 4.79 Å². The molecule has 2 atom stereocenters. The maximum Gasteiger partial charge on any atom is 0.240 e. The molecule has 0 aliphatic carbocycles. The van der Waals surface area contributed by atoms with Crippen LogP contribution in [0.25, 0.3) is 0 Å². The summed E-state index contributed by atoms with van der Waals surface area (Å²) in [5.41, 5.74) is 1.55. The van der Waals surface area contributed by atoms with Gasteiger partial charge in [0.2, 0.25) is 15.9 Å². The maximum absolute atomic E-state index is 13.6. The molecule has 3 N–H and O–H groups in total. The number of halogens is 1. The summed E-state index contributed by atoms with van der Waals surface area (Å²) in [6.45, 7) is 1.88. The molecule has 1 saturated heterocycles. The van der Waals surface area contributed by atoms with E-state index in [2.05, 4.69) is 27.5 Å². The van der Waals surface area contributed by atoms with Gasteiger partial charge in [0.15, 0.2) is 0 Å². The van der Waals surface area contributed by atoms with Crippen molar-refractivity contribution in [2.45, 2.75) is 35.6 Å². The number of nitrogens with one attached hydrogen (secondary N) is 3. The third-order valence-corrected chi connectivity index (χ3v) is 9.44. The smallest absolute Gasteiger partial charge is 0.240 e. The Morgan fingerprint density at radius 3 is 2.42 bits per heavy atom. The molecule has 5 rings (SSSR count). The molecule has 0 radical (unpaired) electrons. The minimum absolute atomic E-state index is 0.0985. The average molecular weight is 584 g/mol. The van der Waals surface area contributed by atoms with E-state index < -0.39 is 27.4 Å². The molecule has 2 aliphatic rings. The number of rotatable bonds is 10. The summed E-state index contributed by atoms with van der Waals surface area (Å²) in [7, 11) is -2.09. The highest BCUT2D eigenvalue weighted by molar-refractivity contribution is 7.89. The molecule has 1 fully saturated rings. The van der Waals surface area contributed by atoms with Crippen molar-refractivity contribution in [2.24, 2.45) is 5.92 Å². The summed E-state index contributed by atoms with van der Waals surface area (Å²) in [5, 5.41) is 6.79. The van der Waals surface area contributed by atoms with Gasteiger partial charge in [0, 0.05) is 61.0 Å². The van der Waals surface area contributed by atoms with Crippen LogP contribution in [0.15, 0.2) is 77.7 Å². The van der Waals surface area contributed by atoms with Crippen molar-refractivity contribution in [3.63, 3.8) is 0 Å². The van der Waals surface area contributed by atoms with E-state index in [0.29, 0.717) is 37.7 Å². The van der Waals surface area contributed by atoms with Gasteiger partial charge in [-0.15, -0.1) is 0 Å². The summed E-state index contributed by atoms with van der Waals surface area (Å²) in [4.78, 5) is 13.7. The Bertz CT molecular complexity index is 1420. The Labute approximate surface area is 240 Å². The van der Waals surface area contributed by atoms with Crippen LogP contribution in [-0.2, 0) is 25.0 Å². The largest absolute Gasteiger partial charge is 0.457 e. The number of sulfonamides is 1. The number of fused-ring (bicyclic) bond motifs is 2. The van der Waals surface area contributed by atoms with Gasteiger partial charge in [0.1, 0.15) is 11.5 Å². The van der Waals surface area contributed by atoms with Crippen molar-refractivity contribution in [1.82, 2.24) is 15.4 Å². The average Bonchev–Trinajstić information content (AvgIpc) is 2.96. The zero-order valence-corrected chi connectivity index (χ0v) is 23.9. The van der Waals surface area contributed by atoms with Gasteiger partial charge in [0.05, 0.1) is 10.8 Å². The molecule has 0 unspecified atom stereocenters. The summed E-state index contributed by atoms with van der Waals surface area (Å²) < 4.78 is 40.2. The summed E-state index contributed by atoms with van der Waals surface area (Å²) in [6.07, 6.45) is 1.93. The van der Waals surface area contributed by atoms with Gasteiger partial charge in [-0.25, -0.2) is 13.1 Å². The summed E-state index contributed by atoms with van der Waals surface area (Å²) in [6, 6.07) is 21.6. The molecule has 0 spiro atoms. The fraction of sp³-hybridized carbons (Fsp3) is 0.367. The number of carbonyl (C=O) groups is 1. The van der Waals surface area contributed by atoms with Crippen molar-refractivity contribution in [3.05, 3.63) is 88.9 Å². The minimum atomic E-state index is -3.78. The third-order valence-electron chi connectivity index (χ3n) is 7.69. The number of methoxy groups -OCH3 is 1. The molecule has 2 aliphatic heterocycles. The SMILES string of the molecule is COCCCC1(CNC(=O)[C@@H]2CNC[C@@H](NS(=O)(=O)c3cccc(Cl)c3)C2)c2ccccc2Oc2ccccc21. The number of amides is 1.